The Labute approximate surface area is 136 Å². The normalized spacial score (nSPS) is 10.8. The van der Waals surface area contributed by atoms with Gasteiger partial charge in [-0.3, -0.25) is 0 Å². The molecule has 0 atom stereocenters. The van der Waals surface area contributed by atoms with Gasteiger partial charge in [-0.15, -0.1) is 0 Å². The first-order valence-electron chi connectivity index (χ1n) is 7.52. The van der Waals surface area contributed by atoms with Crippen molar-refractivity contribution in [1.82, 2.24) is 4.98 Å². The molecule has 0 saturated carbocycles. The van der Waals surface area contributed by atoms with E-state index in [0.717, 1.165) is 38.7 Å². The summed E-state index contributed by atoms with van der Waals surface area (Å²) in [6, 6.07) is 11.8. The Morgan fingerprint density at radius 2 is 1.91 bits per heavy atom. The second kappa shape index (κ2) is 5.93. The number of nitrogen functional groups attached to an aromatic ring is 1. The zero-order valence-electron chi connectivity index (χ0n) is 13.5. The Hall–Kier alpha value is -2.53. The van der Waals surface area contributed by atoms with Crippen molar-refractivity contribution >= 4 is 29.0 Å². The Morgan fingerprint density at radius 3 is 2.61 bits per heavy atom. The Morgan fingerprint density at radius 1 is 1.13 bits per heavy atom. The van der Waals surface area contributed by atoms with Crippen molar-refractivity contribution in [3.05, 3.63) is 48.2 Å². The van der Waals surface area contributed by atoms with Crippen LogP contribution in [0.5, 0.6) is 5.75 Å². The molecule has 3 rings (SSSR count). The van der Waals surface area contributed by atoms with Crippen molar-refractivity contribution < 1.29 is 9.76 Å². The maximum absolute atomic E-state index is 9.85. The third-order valence-corrected chi connectivity index (χ3v) is 4.13. The number of nitrogens with two attached hydrogens (primary N) is 1. The molecular weight excluding hydrogens is 287 g/mol. The fourth-order valence-electron chi connectivity index (χ4n) is 2.78. The van der Waals surface area contributed by atoms with Gasteiger partial charge in [0.2, 0.25) is 0 Å². The highest BCUT2D eigenvalue weighted by Crippen LogP contribution is 2.33. The van der Waals surface area contributed by atoms with E-state index in [1.165, 1.54) is 0 Å². The second-order valence-electron chi connectivity index (χ2n) is 5.72. The van der Waals surface area contributed by atoms with E-state index in [9.17, 15) is 5.02 Å². The third-order valence-electron chi connectivity index (χ3n) is 4.13. The molecule has 116 valence electrons. The van der Waals surface area contributed by atoms with Crippen molar-refractivity contribution in [2.75, 3.05) is 12.8 Å². The number of benzene rings is 2. The monoisotopic (exact) mass is 306 g/mol. The van der Waals surface area contributed by atoms with Crippen LogP contribution in [0.1, 0.15) is 5.56 Å². The highest BCUT2D eigenvalue weighted by Gasteiger charge is 2.13. The maximum Gasteiger partial charge on any atom is 0.320 e. The summed E-state index contributed by atoms with van der Waals surface area (Å²) in [5.41, 5.74) is 9.86. The molecule has 1 aromatic heterocycles. The van der Waals surface area contributed by atoms with Gasteiger partial charge in [-0.25, -0.2) is 4.98 Å². The number of methoxy groups -OCH3 is 1. The number of fused-ring (bicyclic) bond motifs is 1. The van der Waals surface area contributed by atoms with Gasteiger partial charge in [-0.2, -0.15) is 0 Å². The minimum absolute atomic E-state index is 0.526. The first kappa shape index (κ1) is 15.4. The van der Waals surface area contributed by atoms with Crippen LogP contribution < -0.4 is 15.9 Å². The van der Waals surface area contributed by atoms with E-state index >= 15 is 0 Å². The van der Waals surface area contributed by atoms with E-state index < -0.39 is 6.92 Å². The van der Waals surface area contributed by atoms with Gasteiger partial charge in [0.05, 0.1) is 7.11 Å². The van der Waals surface area contributed by atoms with Crippen molar-refractivity contribution in [1.29, 1.82) is 0 Å². The fourth-order valence-corrected chi connectivity index (χ4v) is 2.78. The molecule has 4 nitrogen and oxygen atoms in total. The number of anilines is 1. The largest absolute Gasteiger partial charge is 0.496 e. The van der Waals surface area contributed by atoms with Gasteiger partial charge in [0.25, 0.3) is 0 Å². The summed E-state index contributed by atoms with van der Waals surface area (Å²) in [5, 5.41) is 11.9. The molecule has 23 heavy (non-hydrogen) atoms. The highest BCUT2D eigenvalue weighted by molar-refractivity contribution is 6.64. The quantitative estimate of drug-likeness (QED) is 0.730. The van der Waals surface area contributed by atoms with Crippen LogP contribution in [0.2, 0.25) is 6.82 Å². The maximum atomic E-state index is 9.85. The summed E-state index contributed by atoms with van der Waals surface area (Å²) < 4.78 is 5.48. The van der Waals surface area contributed by atoms with Crippen LogP contribution >= 0.6 is 0 Å². The van der Waals surface area contributed by atoms with Crippen LogP contribution in [0.3, 0.4) is 0 Å². The van der Waals surface area contributed by atoms with Crippen molar-refractivity contribution in [3.8, 4) is 16.9 Å². The predicted molar refractivity (Wildman–Crippen MR) is 96.4 cm³/mol. The SMILES string of the molecule is COc1ccc(B(C)O)cc1-c1ccc2c(N)ncc(C)c2c1. The fraction of sp³-hybridized carbons (Fsp3) is 0.167. The number of ether oxygens (including phenoxy) is 1. The molecule has 0 aliphatic carbocycles. The zero-order chi connectivity index (χ0) is 16.6. The van der Waals surface area contributed by atoms with E-state index in [-0.39, 0.29) is 0 Å². The standard InChI is InChI=1S/C18H19BN2O2/c1-11-10-21-18(20)14-6-4-12(8-15(11)14)16-9-13(19(2)22)5-7-17(16)23-3/h4-10,22H,1-3H3,(H2,20,21). The van der Waals surface area contributed by atoms with E-state index in [0.29, 0.717) is 5.82 Å². The number of nitrogens with zero attached hydrogens (tertiary/aromatic N) is 1. The van der Waals surface area contributed by atoms with E-state index in [1.807, 2.05) is 37.3 Å². The lowest BCUT2D eigenvalue weighted by atomic mass is 9.64. The number of hydrogen-bond acceptors (Lipinski definition) is 4. The topological polar surface area (TPSA) is 68.4 Å². The Balaban J connectivity index is 2.24. The van der Waals surface area contributed by atoms with Crippen LogP contribution in [0.4, 0.5) is 5.82 Å². The molecule has 5 heteroatoms. The number of pyridine rings is 1. The molecule has 0 aliphatic rings. The summed E-state index contributed by atoms with van der Waals surface area (Å²) in [4.78, 5) is 4.20. The molecule has 0 bridgehead atoms. The summed E-state index contributed by atoms with van der Waals surface area (Å²) in [5.74, 6) is 1.30. The van der Waals surface area contributed by atoms with Gasteiger partial charge >= 0.3 is 6.92 Å². The van der Waals surface area contributed by atoms with Gasteiger partial charge in [-0.05, 0) is 41.0 Å². The average Bonchev–Trinajstić information content (AvgIpc) is 2.57. The lowest BCUT2D eigenvalue weighted by Gasteiger charge is -2.13. The van der Waals surface area contributed by atoms with Gasteiger partial charge < -0.3 is 15.5 Å². The number of aromatic nitrogens is 1. The Kier molecular flexibility index (Phi) is 3.97. The molecule has 0 aliphatic heterocycles. The van der Waals surface area contributed by atoms with Crippen molar-refractivity contribution in [3.63, 3.8) is 0 Å². The first-order chi connectivity index (χ1) is 11.0. The average molecular weight is 306 g/mol. The lowest BCUT2D eigenvalue weighted by Crippen LogP contribution is -2.26. The molecule has 1 heterocycles. The molecule has 2 aromatic carbocycles. The van der Waals surface area contributed by atoms with Crippen LogP contribution in [-0.2, 0) is 0 Å². The van der Waals surface area contributed by atoms with Gasteiger partial charge in [0.1, 0.15) is 11.6 Å². The number of rotatable bonds is 3. The van der Waals surface area contributed by atoms with E-state index in [1.54, 1.807) is 20.1 Å². The van der Waals surface area contributed by atoms with Crippen LogP contribution in [-0.4, -0.2) is 24.0 Å². The molecule has 0 saturated heterocycles. The van der Waals surface area contributed by atoms with Crippen molar-refractivity contribution in [2.24, 2.45) is 0 Å². The summed E-state index contributed by atoms with van der Waals surface area (Å²) in [6.07, 6.45) is 1.78. The van der Waals surface area contributed by atoms with Crippen LogP contribution in [0.25, 0.3) is 21.9 Å². The molecule has 3 aromatic rings. The number of hydrogen-bond donors (Lipinski definition) is 2. The smallest absolute Gasteiger partial charge is 0.320 e. The second-order valence-corrected chi connectivity index (χ2v) is 5.72. The molecule has 0 unspecified atom stereocenters. The summed E-state index contributed by atoms with van der Waals surface area (Å²) in [7, 11) is 1.65. The molecular formula is C18H19BN2O2. The van der Waals surface area contributed by atoms with Crippen LogP contribution in [0, 0.1) is 6.92 Å². The van der Waals surface area contributed by atoms with Crippen molar-refractivity contribution in [2.45, 2.75) is 13.7 Å². The molecule has 0 fully saturated rings. The van der Waals surface area contributed by atoms with E-state index in [2.05, 4.69) is 11.1 Å². The van der Waals surface area contributed by atoms with Crippen LogP contribution in [0.15, 0.2) is 42.6 Å². The van der Waals surface area contributed by atoms with Gasteiger partial charge in [-0.1, -0.05) is 31.1 Å². The highest BCUT2D eigenvalue weighted by atomic mass is 16.5. The molecule has 0 amide bonds. The summed E-state index contributed by atoms with van der Waals surface area (Å²) >= 11 is 0. The Bertz CT molecular complexity index is 878. The van der Waals surface area contributed by atoms with E-state index in [4.69, 9.17) is 10.5 Å². The molecule has 0 spiro atoms. The molecule has 0 radical (unpaired) electrons. The van der Waals surface area contributed by atoms with Gasteiger partial charge in [0, 0.05) is 17.1 Å². The predicted octanol–water partition coefficient (Wildman–Crippen LogP) is 2.62. The molecule has 3 N–H and O–H groups in total. The minimum atomic E-state index is -0.526. The first-order valence-corrected chi connectivity index (χ1v) is 7.52. The lowest BCUT2D eigenvalue weighted by molar-refractivity contribution is 0.416. The summed E-state index contributed by atoms with van der Waals surface area (Å²) in [6.45, 7) is 3.24. The van der Waals surface area contributed by atoms with Gasteiger partial charge in [0.15, 0.2) is 0 Å². The zero-order valence-corrected chi connectivity index (χ0v) is 13.5. The number of aryl methyl sites for hydroxylation is 1. The minimum Gasteiger partial charge on any atom is -0.496 e. The third kappa shape index (κ3) is 2.75.